The predicted octanol–water partition coefficient (Wildman–Crippen LogP) is 2.89. The zero-order chi connectivity index (χ0) is 14.9. The molecule has 1 aromatic carbocycles. The number of carboxylic acids is 1. The number of hydrogen-bond acceptors (Lipinski definition) is 2. The maximum atomic E-state index is 13.3. The molecule has 2 aromatic rings. The molecule has 4 nitrogen and oxygen atoms in total. The molecule has 0 spiro atoms. The van der Waals surface area contributed by atoms with E-state index >= 15 is 0 Å². The number of aromatic nitrogens is 2. The Hall–Kier alpha value is -2.17. The second kappa shape index (κ2) is 5.45. The molecule has 0 aliphatic carbocycles. The fraction of sp³-hybridized carbons (Fsp3) is 0.333. The number of aryl methyl sites for hydroxylation is 1. The van der Waals surface area contributed by atoms with Gasteiger partial charge in [-0.2, -0.15) is 5.10 Å². The van der Waals surface area contributed by atoms with E-state index in [0.29, 0.717) is 12.1 Å². The van der Waals surface area contributed by atoms with E-state index in [-0.39, 0.29) is 5.82 Å². The van der Waals surface area contributed by atoms with Crippen LogP contribution in [-0.4, -0.2) is 20.9 Å². The fourth-order valence-corrected chi connectivity index (χ4v) is 2.22. The van der Waals surface area contributed by atoms with Gasteiger partial charge >= 0.3 is 5.97 Å². The van der Waals surface area contributed by atoms with Crippen molar-refractivity contribution in [3.63, 3.8) is 0 Å². The van der Waals surface area contributed by atoms with Crippen LogP contribution in [0.25, 0.3) is 5.69 Å². The predicted molar refractivity (Wildman–Crippen MR) is 73.5 cm³/mol. The van der Waals surface area contributed by atoms with Crippen molar-refractivity contribution in [1.82, 2.24) is 9.78 Å². The molecule has 0 amide bonds. The summed E-state index contributed by atoms with van der Waals surface area (Å²) in [6.07, 6.45) is 0.419. The third kappa shape index (κ3) is 2.71. The first-order valence-corrected chi connectivity index (χ1v) is 6.44. The van der Waals surface area contributed by atoms with Crippen LogP contribution < -0.4 is 0 Å². The van der Waals surface area contributed by atoms with E-state index < -0.39 is 11.9 Å². The average Bonchev–Trinajstić information content (AvgIpc) is 2.66. The molecule has 0 saturated carbocycles. The summed E-state index contributed by atoms with van der Waals surface area (Å²) in [7, 11) is 0. The molecule has 106 valence electrons. The minimum absolute atomic E-state index is 0.324. The summed E-state index contributed by atoms with van der Waals surface area (Å²) in [6.45, 7) is 5.38. The second-order valence-electron chi connectivity index (χ2n) is 4.98. The smallest absolute Gasteiger partial charge is 0.306 e. The van der Waals surface area contributed by atoms with Crippen molar-refractivity contribution >= 4 is 5.97 Å². The van der Waals surface area contributed by atoms with Crippen LogP contribution in [0, 0.1) is 25.6 Å². The van der Waals surface area contributed by atoms with Crippen molar-refractivity contribution in [1.29, 1.82) is 0 Å². The summed E-state index contributed by atoms with van der Waals surface area (Å²) in [5.74, 6) is -1.63. The highest BCUT2D eigenvalue weighted by Gasteiger charge is 2.19. The lowest BCUT2D eigenvalue weighted by Gasteiger charge is -2.08. The van der Waals surface area contributed by atoms with Crippen LogP contribution in [0.3, 0.4) is 0 Å². The van der Waals surface area contributed by atoms with Crippen LogP contribution in [0.5, 0.6) is 0 Å². The van der Waals surface area contributed by atoms with Gasteiger partial charge in [0.15, 0.2) is 0 Å². The minimum Gasteiger partial charge on any atom is -0.481 e. The molecular formula is C15H17FN2O2. The van der Waals surface area contributed by atoms with E-state index in [4.69, 9.17) is 5.11 Å². The molecule has 0 fully saturated rings. The van der Waals surface area contributed by atoms with E-state index in [1.807, 2.05) is 13.8 Å². The Labute approximate surface area is 116 Å². The quantitative estimate of drug-likeness (QED) is 0.934. The summed E-state index contributed by atoms with van der Waals surface area (Å²) >= 11 is 0. The molecule has 0 saturated heterocycles. The van der Waals surface area contributed by atoms with E-state index in [1.54, 1.807) is 23.7 Å². The number of rotatable bonds is 4. The maximum absolute atomic E-state index is 13.3. The zero-order valence-electron chi connectivity index (χ0n) is 11.7. The SMILES string of the molecule is Cc1nn(-c2cccc(F)c2)c(C)c1CC(C)C(=O)O. The number of hydrogen-bond donors (Lipinski definition) is 1. The van der Waals surface area contributed by atoms with Gasteiger partial charge in [-0.15, -0.1) is 0 Å². The monoisotopic (exact) mass is 276 g/mol. The first kappa shape index (κ1) is 14.2. The molecule has 1 atom stereocenters. The molecule has 0 aliphatic rings. The Kier molecular flexibility index (Phi) is 3.88. The molecule has 1 heterocycles. The lowest BCUT2D eigenvalue weighted by Crippen LogP contribution is -2.13. The van der Waals surface area contributed by atoms with Crippen LogP contribution in [0.2, 0.25) is 0 Å². The van der Waals surface area contributed by atoms with Crippen molar-refractivity contribution in [3.8, 4) is 5.69 Å². The molecular weight excluding hydrogens is 259 g/mol. The Balaban J connectivity index is 2.41. The Morgan fingerprint density at radius 1 is 1.45 bits per heavy atom. The summed E-state index contributed by atoms with van der Waals surface area (Å²) in [4.78, 5) is 11.0. The Morgan fingerprint density at radius 3 is 2.75 bits per heavy atom. The van der Waals surface area contributed by atoms with Crippen molar-refractivity contribution < 1.29 is 14.3 Å². The largest absolute Gasteiger partial charge is 0.481 e. The van der Waals surface area contributed by atoms with Crippen LogP contribution in [0.4, 0.5) is 4.39 Å². The van der Waals surface area contributed by atoms with E-state index in [0.717, 1.165) is 17.0 Å². The average molecular weight is 276 g/mol. The summed E-state index contributed by atoms with van der Waals surface area (Å²) in [5, 5.41) is 13.4. The Bertz CT molecular complexity index is 649. The van der Waals surface area contributed by atoms with Gasteiger partial charge < -0.3 is 5.11 Å². The second-order valence-corrected chi connectivity index (χ2v) is 4.98. The van der Waals surface area contributed by atoms with Crippen LogP contribution >= 0.6 is 0 Å². The summed E-state index contributed by atoms with van der Waals surface area (Å²) in [5.41, 5.74) is 3.17. The normalized spacial score (nSPS) is 12.4. The van der Waals surface area contributed by atoms with Crippen molar-refractivity contribution in [2.24, 2.45) is 5.92 Å². The van der Waals surface area contributed by atoms with E-state index in [9.17, 15) is 9.18 Å². The molecule has 0 radical (unpaired) electrons. The number of aliphatic carboxylic acids is 1. The number of carbonyl (C=O) groups is 1. The highest BCUT2D eigenvalue weighted by atomic mass is 19.1. The summed E-state index contributed by atoms with van der Waals surface area (Å²) in [6, 6.07) is 6.18. The molecule has 1 unspecified atom stereocenters. The highest BCUT2D eigenvalue weighted by molar-refractivity contribution is 5.70. The van der Waals surface area contributed by atoms with Crippen LogP contribution in [0.15, 0.2) is 24.3 Å². The molecule has 0 bridgehead atoms. The van der Waals surface area contributed by atoms with Gasteiger partial charge in [-0.05, 0) is 44.0 Å². The molecule has 2 rings (SSSR count). The van der Waals surface area contributed by atoms with E-state index in [1.165, 1.54) is 12.1 Å². The highest BCUT2D eigenvalue weighted by Crippen LogP contribution is 2.21. The first-order valence-electron chi connectivity index (χ1n) is 6.44. The van der Waals surface area contributed by atoms with Gasteiger partial charge in [0, 0.05) is 5.69 Å². The molecule has 1 N–H and O–H groups in total. The third-order valence-electron chi connectivity index (χ3n) is 3.43. The zero-order valence-corrected chi connectivity index (χ0v) is 11.7. The molecule has 5 heteroatoms. The maximum Gasteiger partial charge on any atom is 0.306 e. The van der Waals surface area contributed by atoms with Crippen LogP contribution in [0.1, 0.15) is 23.9 Å². The molecule has 20 heavy (non-hydrogen) atoms. The number of carboxylic acid groups (broad SMARTS) is 1. The first-order chi connectivity index (χ1) is 9.40. The molecule has 1 aromatic heterocycles. The third-order valence-corrected chi connectivity index (χ3v) is 3.43. The number of benzene rings is 1. The van der Waals surface area contributed by atoms with Gasteiger partial charge in [0.2, 0.25) is 0 Å². The van der Waals surface area contributed by atoms with Crippen molar-refractivity contribution in [2.45, 2.75) is 27.2 Å². The summed E-state index contributed by atoms with van der Waals surface area (Å²) < 4.78 is 14.9. The van der Waals surface area contributed by atoms with E-state index in [2.05, 4.69) is 5.10 Å². The molecule has 0 aliphatic heterocycles. The Morgan fingerprint density at radius 2 is 2.15 bits per heavy atom. The number of nitrogens with zero attached hydrogens (tertiary/aromatic N) is 2. The van der Waals surface area contributed by atoms with Gasteiger partial charge in [-0.25, -0.2) is 9.07 Å². The standard InChI is InChI=1S/C15H17FN2O2/c1-9(15(19)20)7-14-10(2)17-18(11(14)3)13-6-4-5-12(16)8-13/h4-6,8-9H,7H2,1-3H3,(H,19,20). The topological polar surface area (TPSA) is 55.1 Å². The van der Waals surface area contributed by atoms with Crippen molar-refractivity contribution in [2.75, 3.05) is 0 Å². The van der Waals surface area contributed by atoms with Gasteiger partial charge in [0.25, 0.3) is 0 Å². The number of halogens is 1. The van der Waals surface area contributed by atoms with Gasteiger partial charge in [0.1, 0.15) is 5.82 Å². The van der Waals surface area contributed by atoms with Gasteiger partial charge in [-0.1, -0.05) is 13.0 Å². The van der Waals surface area contributed by atoms with Crippen LogP contribution in [-0.2, 0) is 11.2 Å². The van der Waals surface area contributed by atoms with Gasteiger partial charge in [0.05, 0.1) is 17.3 Å². The van der Waals surface area contributed by atoms with Crippen molar-refractivity contribution in [3.05, 3.63) is 47.0 Å². The van der Waals surface area contributed by atoms with Gasteiger partial charge in [-0.3, -0.25) is 4.79 Å². The lowest BCUT2D eigenvalue weighted by molar-refractivity contribution is -0.141. The minimum atomic E-state index is -0.831. The lowest BCUT2D eigenvalue weighted by atomic mass is 10.00. The fourth-order valence-electron chi connectivity index (χ4n) is 2.22.